The molecule has 0 unspecified atom stereocenters. The molecule has 2 amide bonds. The van der Waals surface area contributed by atoms with Crippen LogP contribution >= 0.6 is 11.3 Å². The first-order chi connectivity index (χ1) is 11.2. The molecular formula is C17H20N2O3S. The van der Waals surface area contributed by atoms with Crippen molar-refractivity contribution in [3.8, 4) is 0 Å². The van der Waals surface area contributed by atoms with E-state index in [2.05, 4.69) is 18.3 Å². The Kier molecular flexibility index (Phi) is 4.81. The number of nitrogens with zero attached hydrogens (tertiary/aromatic N) is 1. The molecule has 0 saturated carbocycles. The highest BCUT2D eigenvalue weighted by Crippen LogP contribution is 2.21. The van der Waals surface area contributed by atoms with Gasteiger partial charge < -0.3 is 14.6 Å². The number of hydrogen-bond acceptors (Lipinski definition) is 4. The molecule has 0 aromatic carbocycles. The van der Waals surface area contributed by atoms with Gasteiger partial charge in [0.15, 0.2) is 0 Å². The summed E-state index contributed by atoms with van der Waals surface area (Å²) in [5, 5.41) is 2.95. The number of amides is 2. The van der Waals surface area contributed by atoms with E-state index in [0.717, 1.165) is 17.1 Å². The van der Waals surface area contributed by atoms with Crippen LogP contribution in [0.3, 0.4) is 0 Å². The highest BCUT2D eigenvalue weighted by Gasteiger charge is 2.34. The largest absolute Gasteiger partial charge is 0.467 e. The Bertz CT molecular complexity index is 678. The molecular weight excluding hydrogens is 312 g/mol. The first kappa shape index (κ1) is 15.8. The second-order valence-corrected chi connectivity index (χ2v) is 6.95. The maximum Gasteiger partial charge on any atom is 0.225 e. The summed E-state index contributed by atoms with van der Waals surface area (Å²) in [7, 11) is 0. The van der Waals surface area contributed by atoms with Gasteiger partial charge in [-0.25, -0.2) is 0 Å². The Morgan fingerprint density at radius 1 is 1.39 bits per heavy atom. The Morgan fingerprint density at radius 3 is 2.91 bits per heavy atom. The van der Waals surface area contributed by atoms with Crippen molar-refractivity contribution < 1.29 is 14.0 Å². The molecule has 0 bridgehead atoms. The summed E-state index contributed by atoms with van der Waals surface area (Å²) in [6.07, 6.45) is 2.88. The number of rotatable bonds is 6. The average molecular weight is 332 g/mol. The van der Waals surface area contributed by atoms with Crippen molar-refractivity contribution in [3.63, 3.8) is 0 Å². The van der Waals surface area contributed by atoms with Crippen LogP contribution < -0.4 is 5.32 Å². The fourth-order valence-electron chi connectivity index (χ4n) is 2.72. The number of likely N-dealkylation sites (tertiary alicyclic amines) is 1. The third kappa shape index (κ3) is 3.82. The van der Waals surface area contributed by atoms with E-state index in [9.17, 15) is 9.59 Å². The van der Waals surface area contributed by atoms with Crippen LogP contribution in [-0.2, 0) is 29.1 Å². The van der Waals surface area contributed by atoms with Gasteiger partial charge in [-0.1, -0.05) is 6.92 Å². The monoisotopic (exact) mass is 332 g/mol. The van der Waals surface area contributed by atoms with Crippen LogP contribution in [0.1, 0.15) is 28.9 Å². The van der Waals surface area contributed by atoms with Crippen LogP contribution in [-0.4, -0.2) is 23.3 Å². The van der Waals surface area contributed by atoms with Crippen molar-refractivity contribution in [2.45, 2.75) is 32.9 Å². The Balaban J connectivity index is 1.51. The molecule has 122 valence electrons. The summed E-state index contributed by atoms with van der Waals surface area (Å²) in [4.78, 5) is 28.5. The molecule has 1 atom stereocenters. The van der Waals surface area contributed by atoms with Crippen molar-refractivity contribution in [3.05, 3.63) is 46.0 Å². The van der Waals surface area contributed by atoms with Gasteiger partial charge in [-0.15, -0.1) is 11.3 Å². The van der Waals surface area contributed by atoms with E-state index in [0.29, 0.717) is 19.6 Å². The molecule has 23 heavy (non-hydrogen) atoms. The summed E-state index contributed by atoms with van der Waals surface area (Å²) < 4.78 is 5.26. The van der Waals surface area contributed by atoms with E-state index < -0.39 is 0 Å². The van der Waals surface area contributed by atoms with Crippen molar-refractivity contribution in [1.29, 1.82) is 0 Å². The zero-order chi connectivity index (χ0) is 16.2. The topological polar surface area (TPSA) is 62.6 Å². The fraction of sp³-hybridized carbons (Fsp3) is 0.412. The molecule has 3 heterocycles. The lowest BCUT2D eigenvalue weighted by molar-refractivity contribution is -0.129. The standard InChI is InChI=1S/C17H20N2O3S/c1-2-14-5-6-15(23-14)9-18-17(21)12-8-16(20)19(10-12)11-13-4-3-7-22-13/h3-7,12H,2,8-11H2,1H3,(H,18,21)/t12-/m0/s1. The highest BCUT2D eigenvalue weighted by molar-refractivity contribution is 7.11. The lowest BCUT2D eigenvalue weighted by Crippen LogP contribution is -2.32. The Hall–Kier alpha value is -2.08. The molecule has 2 aromatic rings. The van der Waals surface area contributed by atoms with Gasteiger partial charge in [0.2, 0.25) is 11.8 Å². The second kappa shape index (κ2) is 7.00. The third-order valence-corrected chi connectivity index (χ3v) is 5.24. The van der Waals surface area contributed by atoms with Gasteiger partial charge in [-0.05, 0) is 30.7 Å². The maximum absolute atomic E-state index is 12.3. The number of carbonyl (C=O) groups is 2. The number of aryl methyl sites for hydroxylation is 1. The van der Waals surface area contributed by atoms with Crippen molar-refractivity contribution >= 4 is 23.2 Å². The first-order valence-electron chi connectivity index (χ1n) is 7.81. The van der Waals surface area contributed by atoms with Gasteiger partial charge in [-0.3, -0.25) is 9.59 Å². The third-order valence-electron chi connectivity index (χ3n) is 4.01. The smallest absolute Gasteiger partial charge is 0.225 e. The number of nitrogens with one attached hydrogen (secondary N) is 1. The Morgan fingerprint density at radius 2 is 2.22 bits per heavy atom. The minimum atomic E-state index is -0.275. The van der Waals surface area contributed by atoms with Gasteiger partial charge in [0.1, 0.15) is 5.76 Å². The molecule has 6 heteroatoms. The summed E-state index contributed by atoms with van der Waals surface area (Å²) in [5.41, 5.74) is 0. The molecule has 3 rings (SSSR count). The quantitative estimate of drug-likeness (QED) is 0.884. The molecule has 1 aliphatic rings. The summed E-state index contributed by atoms with van der Waals surface area (Å²) in [6.45, 7) is 3.54. The van der Waals surface area contributed by atoms with Crippen molar-refractivity contribution in [2.75, 3.05) is 6.54 Å². The highest BCUT2D eigenvalue weighted by atomic mass is 32.1. The zero-order valence-corrected chi connectivity index (χ0v) is 13.9. The average Bonchev–Trinajstić information content (AvgIpc) is 3.27. The van der Waals surface area contributed by atoms with Gasteiger partial charge in [0.25, 0.3) is 0 Å². The molecule has 0 spiro atoms. The summed E-state index contributed by atoms with van der Waals surface area (Å²) in [5.74, 6) is 0.422. The number of thiophene rings is 1. The van der Waals surface area contributed by atoms with Crippen molar-refractivity contribution in [1.82, 2.24) is 10.2 Å². The molecule has 2 aromatic heterocycles. The summed E-state index contributed by atoms with van der Waals surface area (Å²) in [6, 6.07) is 7.78. The molecule has 0 radical (unpaired) electrons. The van der Waals surface area contributed by atoms with Gasteiger partial charge in [0, 0.05) is 22.7 Å². The number of furan rings is 1. The fourth-order valence-corrected chi connectivity index (χ4v) is 3.61. The summed E-state index contributed by atoms with van der Waals surface area (Å²) >= 11 is 1.72. The minimum absolute atomic E-state index is 0.00550. The van der Waals surface area contributed by atoms with Gasteiger partial charge >= 0.3 is 0 Å². The molecule has 1 saturated heterocycles. The molecule has 5 nitrogen and oxygen atoms in total. The lowest BCUT2D eigenvalue weighted by Gasteiger charge is -2.14. The van der Waals surface area contributed by atoms with Crippen LogP contribution in [0.2, 0.25) is 0 Å². The maximum atomic E-state index is 12.3. The number of carbonyl (C=O) groups excluding carboxylic acids is 2. The van der Waals surface area contributed by atoms with E-state index in [-0.39, 0.29) is 24.2 Å². The van der Waals surface area contributed by atoms with Crippen molar-refractivity contribution in [2.24, 2.45) is 5.92 Å². The van der Waals surface area contributed by atoms with E-state index >= 15 is 0 Å². The minimum Gasteiger partial charge on any atom is -0.467 e. The SMILES string of the molecule is CCc1ccc(CNC(=O)[C@H]2CC(=O)N(Cc3ccco3)C2)s1. The molecule has 1 fully saturated rings. The van der Waals surface area contributed by atoms with E-state index in [4.69, 9.17) is 4.42 Å². The lowest BCUT2D eigenvalue weighted by atomic mass is 10.1. The van der Waals surface area contributed by atoms with Crippen LogP contribution in [0, 0.1) is 5.92 Å². The predicted octanol–water partition coefficient (Wildman–Crippen LogP) is 2.57. The predicted molar refractivity (Wildman–Crippen MR) is 87.8 cm³/mol. The normalized spacial score (nSPS) is 17.7. The molecule has 1 N–H and O–H groups in total. The van der Waals surface area contributed by atoms with Crippen LogP contribution in [0.5, 0.6) is 0 Å². The second-order valence-electron chi connectivity index (χ2n) is 5.69. The van der Waals surface area contributed by atoms with E-state index in [1.807, 2.05) is 12.1 Å². The van der Waals surface area contributed by atoms with Gasteiger partial charge in [0.05, 0.1) is 25.3 Å². The van der Waals surface area contributed by atoms with E-state index in [1.54, 1.807) is 28.6 Å². The van der Waals surface area contributed by atoms with Crippen LogP contribution in [0.4, 0.5) is 0 Å². The molecule has 0 aliphatic carbocycles. The van der Waals surface area contributed by atoms with Gasteiger partial charge in [-0.2, -0.15) is 0 Å². The van der Waals surface area contributed by atoms with Crippen LogP contribution in [0.15, 0.2) is 34.9 Å². The van der Waals surface area contributed by atoms with Crippen LogP contribution in [0.25, 0.3) is 0 Å². The first-order valence-corrected chi connectivity index (χ1v) is 8.62. The number of hydrogen-bond donors (Lipinski definition) is 1. The molecule has 1 aliphatic heterocycles. The Labute approximate surface area is 139 Å². The zero-order valence-electron chi connectivity index (χ0n) is 13.1. The van der Waals surface area contributed by atoms with E-state index in [1.165, 1.54) is 4.88 Å².